The monoisotopic (exact) mass is 240 g/mol. The summed E-state index contributed by atoms with van der Waals surface area (Å²) in [6.45, 7) is 7.98. The third-order valence-corrected chi connectivity index (χ3v) is 4.45. The molecular weight excluding hydrogens is 212 g/mol. The van der Waals surface area contributed by atoms with Gasteiger partial charge in [0, 0.05) is 19.2 Å². The van der Waals surface area contributed by atoms with Gasteiger partial charge in [0.1, 0.15) is 0 Å². The molecule has 0 amide bonds. The first kappa shape index (κ1) is 13.3. The van der Waals surface area contributed by atoms with Gasteiger partial charge in [0.25, 0.3) is 0 Å². The number of likely N-dealkylation sites (tertiary alicyclic amines) is 1. The van der Waals surface area contributed by atoms with Crippen LogP contribution in [0.25, 0.3) is 0 Å². The molecule has 2 atom stereocenters. The Balaban J connectivity index is 1.64. The van der Waals surface area contributed by atoms with Crippen LogP contribution in [0.5, 0.6) is 0 Å². The Morgan fingerprint density at radius 1 is 1.29 bits per heavy atom. The van der Waals surface area contributed by atoms with Gasteiger partial charge in [-0.25, -0.2) is 0 Å². The molecule has 0 aromatic heterocycles. The van der Waals surface area contributed by atoms with Gasteiger partial charge in [-0.2, -0.15) is 0 Å². The third-order valence-electron chi connectivity index (χ3n) is 4.45. The smallest absolute Gasteiger partial charge is 0.0506 e. The minimum absolute atomic E-state index is 0.672. The summed E-state index contributed by atoms with van der Waals surface area (Å²) in [5, 5.41) is 3.74. The van der Waals surface area contributed by atoms with Crippen LogP contribution >= 0.6 is 0 Å². The number of piperidine rings is 1. The molecule has 2 saturated heterocycles. The lowest BCUT2D eigenvalue weighted by Gasteiger charge is -2.34. The molecule has 0 aromatic carbocycles. The van der Waals surface area contributed by atoms with Gasteiger partial charge in [0.2, 0.25) is 0 Å². The van der Waals surface area contributed by atoms with Crippen molar-refractivity contribution in [3.8, 4) is 0 Å². The van der Waals surface area contributed by atoms with Gasteiger partial charge in [0.05, 0.1) is 6.61 Å². The van der Waals surface area contributed by atoms with Crippen LogP contribution in [0.2, 0.25) is 0 Å². The molecule has 3 heteroatoms. The van der Waals surface area contributed by atoms with Crippen LogP contribution in [0.4, 0.5) is 0 Å². The van der Waals surface area contributed by atoms with Gasteiger partial charge in [-0.15, -0.1) is 0 Å². The molecule has 17 heavy (non-hydrogen) atoms. The maximum absolute atomic E-state index is 5.53. The van der Waals surface area contributed by atoms with Gasteiger partial charge in [0.15, 0.2) is 0 Å². The van der Waals surface area contributed by atoms with Crippen molar-refractivity contribution in [2.24, 2.45) is 11.8 Å². The molecule has 0 spiro atoms. The zero-order valence-electron chi connectivity index (χ0n) is 11.5. The largest absolute Gasteiger partial charge is 0.381 e. The molecule has 2 heterocycles. The number of ether oxygens (including phenoxy) is 1. The Hall–Kier alpha value is -0.120. The summed E-state index contributed by atoms with van der Waals surface area (Å²) in [7, 11) is 2.23. The summed E-state index contributed by atoms with van der Waals surface area (Å²) in [6.07, 6.45) is 5.29. The third kappa shape index (κ3) is 4.23. The lowest BCUT2D eigenvalue weighted by Crippen LogP contribution is -2.43. The highest BCUT2D eigenvalue weighted by atomic mass is 16.5. The van der Waals surface area contributed by atoms with Crippen molar-refractivity contribution in [3.05, 3.63) is 0 Å². The predicted molar refractivity (Wildman–Crippen MR) is 71.2 cm³/mol. The minimum atomic E-state index is 0.672. The summed E-state index contributed by atoms with van der Waals surface area (Å²) in [4.78, 5) is 2.44. The highest BCUT2D eigenvalue weighted by Crippen LogP contribution is 2.20. The molecule has 2 unspecified atom stereocenters. The van der Waals surface area contributed by atoms with Gasteiger partial charge in [-0.05, 0) is 64.6 Å². The van der Waals surface area contributed by atoms with Gasteiger partial charge in [-0.1, -0.05) is 0 Å². The zero-order valence-corrected chi connectivity index (χ0v) is 11.5. The van der Waals surface area contributed by atoms with Crippen LogP contribution in [0.1, 0.15) is 32.6 Å². The Morgan fingerprint density at radius 3 is 2.71 bits per heavy atom. The molecule has 0 radical (unpaired) electrons. The highest BCUT2D eigenvalue weighted by molar-refractivity contribution is 4.79. The van der Waals surface area contributed by atoms with Crippen molar-refractivity contribution < 1.29 is 4.74 Å². The molecule has 100 valence electrons. The molecule has 0 saturated carbocycles. The van der Waals surface area contributed by atoms with E-state index in [1.807, 2.05) is 0 Å². The summed E-state index contributed by atoms with van der Waals surface area (Å²) in [6, 6.07) is 0.672. The second-order valence-electron chi connectivity index (χ2n) is 5.92. The highest BCUT2D eigenvalue weighted by Gasteiger charge is 2.23. The first-order chi connectivity index (χ1) is 8.25. The van der Waals surface area contributed by atoms with E-state index in [2.05, 4.69) is 24.2 Å². The van der Waals surface area contributed by atoms with Crippen molar-refractivity contribution in [3.63, 3.8) is 0 Å². The molecular formula is C14H28N2O. The van der Waals surface area contributed by atoms with E-state index in [9.17, 15) is 0 Å². The lowest BCUT2D eigenvalue weighted by molar-refractivity contribution is 0.0524. The van der Waals surface area contributed by atoms with Crippen LogP contribution in [-0.2, 0) is 4.74 Å². The average molecular weight is 240 g/mol. The topological polar surface area (TPSA) is 24.5 Å². The summed E-state index contributed by atoms with van der Waals surface area (Å²) in [5.74, 6) is 1.62. The molecule has 0 aromatic rings. The summed E-state index contributed by atoms with van der Waals surface area (Å²) in [5.41, 5.74) is 0. The Labute approximate surface area is 106 Å². The zero-order chi connectivity index (χ0) is 12.1. The van der Waals surface area contributed by atoms with E-state index in [0.29, 0.717) is 6.04 Å². The normalized spacial score (nSPS) is 30.4. The molecule has 0 aliphatic carbocycles. The number of nitrogens with zero attached hydrogens (tertiary/aromatic N) is 1. The van der Waals surface area contributed by atoms with Crippen molar-refractivity contribution in [2.75, 3.05) is 39.9 Å². The molecule has 2 aliphatic heterocycles. The van der Waals surface area contributed by atoms with Crippen LogP contribution in [0.15, 0.2) is 0 Å². The fourth-order valence-corrected chi connectivity index (χ4v) is 3.02. The van der Waals surface area contributed by atoms with E-state index in [-0.39, 0.29) is 0 Å². The van der Waals surface area contributed by atoms with E-state index in [1.165, 1.54) is 38.8 Å². The van der Waals surface area contributed by atoms with Gasteiger partial charge in [-0.3, -0.25) is 0 Å². The Morgan fingerprint density at radius 2 is 2.06 bits per heavy atom. The molecule has 3 nitrogen and oxygen atoms in total. The molecule has 2 aliphatic rings. The number of nitrogens with one attached hydrogen (secondary N) is 1. The average Bonchev–Trinajstić information content (AvgIpc) is 2.38. The second-order valence-corrected chi connectivity index (χ2v) is 5.92. The predicted octanol–water partition coefficient (Wildman–Crippen LogP) is 1.73. The Bertz CT molecular complexity index is 208. The SMILES string of the molecule is CC(NCC1CCCOC1)C1CCN(C)CC1. The maximum atomic E-state index is 5.53. The van der Waals surface area contributed by atoms with Crippen molar-refractivity contribution >= 4 is 0 Å². The van der Waals surface area contributed by atoms with Crippen LogP contribution in [-0.4, -0.2) is 50.8 Å². The quantitative estimate of drug-likeness (QED) is 0.810. The fourth-order valence-electron chi connectivity index (χ4n) is 3.02. The number of hydrogen-bond acceptors (Lipinski definition) is 3. The molecule has 2 rings (SSSR count). The van der Waals surface area contributed by atoms with Crippen LogP contribution in [0, 0.1) is 11.8 Å². The van der Waals surface area contributed by atoms with Crippen LogP contribution in [0.3, 0.4) is 0 Å². The summed E-state index contributed by atoms with van der Waals surface area (Å²) < 4.78 is 5.53. The number of hydrogen-bond donors (Lipinski definition) is 1. The minimum Gasteiger partial charge on any atom is -0.381 e. The van der Waals surface area contributed by atoms with Gasteiger partial charge >= 0.3 is 0 Å². The first-order valence-corrected chi connectivity index (χ1v) is 7.25. The van der Waals surface area contributed by atoms with E-state index in [0.717, 1.165) is 31.6 Å². The van der Waals surface area contributed by atoms with Gasteiger partial charge < -0.3 is 15.0 Å². The van der Waals surface area contributed by atoms with E-state index in [4.69, 9.17) is 4.74 Å². The number of rotatable bonds is 4. The van der Waals surface area contributed by atoms with Crippen molar-refractivity contribution in [1.29, 1.82) is 0 Å². The standard InChI is InChI=1S/C14H28N2O/c1-12(14-5-7-16(2)8-6-14)15-10-13-4-3-9-17-11-13/h12-15H,3-11H2,1-2H3. The maximum Gasteiger partial charge on any atom is 0.0506 e. The van der Waals surface area contributed by atoms with Crippen molar-refractivity contribution in [1.82, 2.24) is 10.2 Å². The van der Waals surface area contributed by atoms with E-state index >= 15 is 0 Å². The van der Waals surface area contributed by atoms with Crippen molar-refractivity contribution in [2.45, 2.75) is 38.6 Å². The Kier molecular flexibility index (Phi) is 5.26. The molecule has 2 fully saturated rings. The molecule has 0 bridgehead atoms. The first-order valence-electron chi connectivity index (χ1n) is 7.25. The molecule has 1 N–H and O–H groups in total. The van der Waals surface area contributed by atoms with Crippen LogP contribution < -0.4 is 5.32 Å². The fraction of sp³-hybridized carbons (Fsp3) is 1.00. The second kappa shape index (κ2) is 6.72. The van der Waals surface area contributed by atoms with E-state index in [1.54, 1.807) is 0 Å². The summed E-state index contributed by atoms with van der Waals surface area (Å²) >= 11 is 0. The lowest BCUT2D eigenvalue weighted by atomic mass is 9.90. The van der Waals surface area contributed by atoms with E-state index < -0.39 is 0 Å².